The molecule has 3 aliphatic rings. The summed E-state index contributed by atoms with van der Waals surface area (Å²) in [7, 11) is 0. The lowest BCUT2D eigenvalue weighted by Crippen LogP contribution is -2.56. The number of fused-ring (bicyclic) bond motifs is 1. The van der Waals surface area contributed by atoms with Gasteiger partial charge >= 0.3 is 0 Å². The first-order valence-electron chi connectivity index (χ1n) is 10.8. The predicted octanol–water partition coefficient (Wildman–Crippen LogP) is 1.85. The Balaban J connectivity index is 1.19. The number of amides is 1. The minimum atomic E-state index is 0.0112. The van der Waals surface area contributed by atoms with Crippen molar-refractivity contribution in [2.75, 3.05) is 31.7 Å². The molecule has 1 aromatic heterocycles. The number of aliphatic imine (C=N–C) groups is 1. The van der Waals surface area contributed by atoms with Gasteiger partial charge in [-0.05, 0) is 37.0 Å². The lowest BCUT2D eigenvalue weighted by atomic mass is 9.99. The van der Waals surface area contributed by atoms with Crippen molar-refractivity contribution in [1.29, 1.82) is 0 Å². The minimum Gasteiger partial charge on any atom is -0.454 e. The minimum absolute atomic E-state index is 0.0112. The van der Waals surface area contributed by atoms with Crippen molar-refractivity contribution in [1.82, 2.24) is 24.3 Å². The summed E-state index contributed by atoms with van der Waals surface area (Å²) in [5, 5.41) is 5.00. The zero-order valence-electron chi connectivity index (χ0n) is 17.7. The first-order valence-corrected chi connectivity index (χ1v) is 11.1. The van der Waals surface area contributed by atoms with Crippen LogP contribution in [0, 0.1) is 0 Å². The molecule has 1 amide bonds. The van der Waals surface area contributed by atoms with Gasteiger partial charge in [0.2, 0.25) is 18.7 Å². The molecule has 11 heteroatoms. The summed E-state index contributed by atoms with van der Waals surface area (Å²) in [5.74, 6) is 2.20. The fourth-order valence-corrected chi connectivity index (χ4v) is 4.56. The standard InChI is InChI=1S/C21H26ClN7O3/c22-29-14-27(26-8-6-23-12-26)13-25-21(29)28-7-2-1-3-17(28)10-20(30)24-11-16-4-5-18-19(9-16)32-15-31-18/h4-6,8-9,12,17H,1-3,7,10-11,13-15H2,(H,24,30). The maximum absolute atomic E-state index is 12.7. The summed E-state index contributed by atoms with van der Waals surface area (Å²) in [6.45, 7) is 2.49. The number of halogens is 1. The molecule has 170 valence electrons. The SMILES string of the molecule is O=C(CC1CCCCN1C1=NCN(n2ccnc2)CN1Cl)NCc1ccc2c(c1)OCO2. The van der Waals surface area contributed by atoms with Crippen LogP contribution in [-0.4, -0.2) is 63.6 Å². The molecule has 0 radical (unpaired) electrons. The molecule has 4 heterocycles. The first kappa shape index (κ1) is 20.7. The summed E-state index contributed by atoms with van der Waals surface area (Å²) >= 11 is 6.58. The first-order chi connectivity index (χ1) is 15.7. The zero-order chi connectivity index (χ0) is 21.9. The number of aromatic nitrogens is 2. The number of hydrogen-bond donors (Lipinski definition) is 1. The van der Waals surface area contributed by atoms with E-state index in [-0.39, 0.29) is 18.7 Å². The van der Waals surface area contributed by atoms with Gasteiger partial charge in [0.15, 0.2) is 11.5 Å². The summed E-state index contributed by atoms with van der Waals surface area (Å²) in [4.78, 5) is 23.7. The van der Waals surface area contributed by atoms with Gasteiger partial charge in [-0.2, -0.15) is 0 Å². The second-order valence-corrected chi connectivity index (χ2v) is 8.47. The molecule has 1 fully saturated rings. The Morgan fingerprint density at radius 2 is 2.16 bits per heavy atom. The van der Waals surface area contributed by atoms with Gasteiger partial charge in [0.25, 0.3) is 0 Å². The monoisotopic (exact) mass is 459 g/mol. The van der Waals surface area contributed by atoms with Gasteiger partial charge in [-0.15, -0.1) is 0 Å². The second kappa shape index (κ2) is 9.15. The maximum Gasteiger partial charge on any atom is 0.231 e. The summed E-state index contributed by atoms with van der Waals surface area (Å²) in [6, 6.07) is 5.79. The van der Waals surface area contributed by atoms with Gasteiger partial charge < -0.3 is 19.7 Å². The molecule has 2 aromatic rings. The highest BCUT2D eigenvalue weighted by Crippen LogP contribution is 2.32. The van der Waals surface area contributed by atoms with Gasteiger partial charge in [-0.3, -0.25) is 9.80 Å². The van der Waals surface area contributed by atoms with Crippen molar-refractivity contribution in [2.45, 2.75) is 38.3 Å². The zero-order valence-corrected chi connectivity index (χ0v) is 18.4. The van der Waals surface area contributed by atoms with Crippen LogP contribution in [0.25, 0.3) is 0 Å². The number of carbonyl (C=O) groups is 1. The van der Waals surface area contributed by atoms with Gasteiger partial charge in [0, 0.05) is 49.7 Å². The lowest BCUT2D eigenvalue weighted by Gasteiger charge is -2.42. The van der Waals surface area contributed by atoms with Crippen molar-refractivity contribution in [2.24, 2.45) is 4.99 Å². The van der Waals surface area contributed by atoms with Crippen LogP contribution in [0.15, 0.2) is 41.9 Å². The number of hydrogen-bond acceptors (Lipinski definition) is 8. The number of nitrogens with zero attached hydrogens (tertiary/aromatic N) is 6. The molecule has 5 rings (SSSR count). The van der Waals surface area contributed by atoms with Gasteiger partial charge in [0.05, 0.1) is 0 Å². The molecule has 1 saturated heterocycles. The summed E-state index contributed by atoms with van der Waals surface area (Å²) in [6.07, 6.45) is 8.79. The third-order valence-electron chi connectivity index (χ3n) is 5.93. The number of guanidine groups is 1. The Bertz CT molecular complexity index is 984. The highest BCUT2D eigenvalue weighted by molar-refractivity contribution is 6.22. The Morgan fingerprint density at radius 1 is 1.25 bits per heavy atom. The highest BCUT2D eigenvalue weighted by atomic mass is 35.5. The molecule has 0 saturated carbocycles. The van der Waals surface area contributed by atoms with E-state index in [2.05, 4.69) is 15.2 Å². The number of piperidine rings is 1. The van der Waals surface area contributed by atoms with Crippen LogP contribution in [0.5, 0.6) is 11.5 Å². The van der Waals surface area contributed by atoms with E-state index in [1.54, 1.807) is 16.9 Å². The van der Waals surface area contributed by atoms with Gasteiger partial charge in [0.1, 0.15) is 19.7 Å². The lowest BCUT2D eigenvalue weighted by molar-refractivity contribution is -0.122. The van der Waals surface area contributed by atoms with Crippen molar-refractivity contribution in [3.05, 3.63) is 42.5 Å². The number of benzene rings is 1. The number of imidazole rings is 1. The average Bonchev–Trinajstić information content (AvgIpc) is 3.50. The molecule has 1 aromatic carbocycles. The van der Waals surface area contributed by atoms with Crippen molar-refractivity contribution >= 4 is 23.6 Å². The third-order valence-corrected chi connectivity index (χ3v) is 6.19. The molecule has 10 nitrogen and oxygen atoms in total. The van der Waals surface area contributed by atoms with Crippen LogP contribution in [0.1, 0.15) is 31.2 Å². The van der Waals surface area contributed by atoms with Crippen LogP contribution in [0.4, 0.5) is 0 Å². The highest BCUT2D eigenvalue weighted by Gasteiger charge is 2.32. The quantitative estimate of drug-likeness (QED) is 0.683. The maximum atomic E-state index is 12.7. The molecule has 0 aliphatic carbocycles. The Labute approximate surface area is 191 Å². The Kier molecular flexibility index (Phi) is 5.93. The van der Waals surface area contributed by atoms with E-state index in [0.29, 0.717) is 26.3 Å². The van der Waals surface area contributed by atoms with Crippen LogP contribution in [0.2, 0.25) is 0 Å². The average molecular weight is 460 g/mol. The van der Waals surface area contributed by atoms with E-state index in [9.17, 15) is 4.79 Å². The summed E-state index contributed by atoms with van der Waals surface area (Å²) in [5.41, 5.74) is 0.978. The van der Waals surface area contributed by atoms with Crippen LogP contribution in [-0.2, 0) is 11.3 Å². The predicted molar refractivity (Wildman–Crippen MR) is 119 cm³/mol. The molecule has 32 heavy (non-hydrogen) atoms. The fraction of sp³-hybridized carbons (Fsp3) is 0.476. The van der Waals surface area contributed by atoms with E-state index in [4.69, 9.17) is 26.2 Å². The number of ether oxygens (including phenoxy) is 2. The summed E-state index contributed by atoms with van der Waals surface area (Å²) < 4.78 is 14.2. The number of likely N-dealkylation sites (tertiary alicyclic amines) is 1. The number of rotatable bonds is 5. The molecular weight excluding hydrogens is 434 g/mol. The topological polar surface area (TPSA) is 87.5 Å². The Morgan fingerprint density at radius 3 is 3.00 bits per heavy atom. The van der Waals surface area contributed by atoms with Crippen LogP contribution < -0.4 is 19.8 Å². The third kappa shape index (κ3) is 4.40. The van der Waals surface area contributed by atoms with E-state index in [1.807, 2.05) is 34.1 Å². The van der Waals surface area contributed by atoms with Crippen molar-refractivity contribution < 1.29 is 14.3 Å². The smallest absolute Gasteiger partial charge is 0.231 e. The largest absolute Gasteiger partial charge is 0.454 e. The fourth-order valence-electron chi connectivity index (χ4n) is 4.28. The van der Waals surface area contributed by atoms with Crippen molar-refractivity contribution in [3.8, 4) is 11.5 Å². The van der Waals surface area contributed by atoms with Crippen LogP contribution in [0.3, 0.4) is 0 Å². The van der Waals surface area contributed by atoms with E-state index < -0.39 is 0 Å². The molecule has 3 aliphatic heterocycles. The molecular formula is C21H26ClN7O3. The molecule has 0 spiro atoms. The van der Waals surface area contributed by atoms with Crippen LogP contribution >= 0.6 is 11.8 Å². The molecule has 0 bridgehead atoms. The van der Waals surface area contributed by atoms with E-state index in [0.717, 1.165) is 48.8 Å². The van der Waals surface area contributed by atoms with Crippen molar-refractivity contribution in [3.63, 3.8) is 0 Å². The van der Waals surface area contributed by atoms with E-state index in [1.165, 1.54) is 0 Å². The number of carbonyl (C=O) groups excluding carboxylic acids is 1. The Hall–Kier alpha value is -3.14. The number of nitrogens with one attached hydrogen (secondary N) is 1. The molecule has 1 unspecified atom stereocenters. The molecule has 1 atom stereocenters. The van der Waals surface area contributed by atoms with Gasteiger partial charge in [-0.1, -0.05) is 6.07 Å². The van der Waals surface area contributed by atoms with Gasteiger partial charge in [-0.25, -0.2) is 19.1 Å². The van der Waals surface area contributed by atoms with E-state index >= 15 is 0 Å². The molecule has 1 N–H and O–H groups in total. The second-order valence-electron chi connectivity index (χ2n) is 8.06. The normalized spacial score (nSPS) is 20.3.